The van der Waals surface area contributed by atoms with Crippen LogP contribution in [-0.4, -0.2) is 34.4 Å². The SMILES string of the molecule is OCC1CCn2c(cnc2CC2CCCNC2)C1. The van der Waals surface area contributed by atoms with Crippen LogP contribution in [0.3, 0.4) is 0 Å². The highest BCUT2D eigenvalue weighted by atomic mass is 16.3. The number of hydrogen-bond acceptors (Lipinski definition) is 3. The van der Waals surface area contributed by atoms with Crippen molar-refractivity contribution in [3.05, 3.63) is 17.7 Å². The highest BCUT2D eigenvalue weighted by molar-refractivity contribution is 5.10. The molecular formula is C14H23N3O. The Labute approximate surface area is 108 Å². The van der Waals surface area contributed by atoms with Gasteiger partial charge in [0.05, 0.1) is 0 Å². The van der Waals surface area contributed by atoms with Crippen molar-refractivity contribution in [3.63, 3.8) is 0 Å². The molecule has 100 valence electrons. The molecule has 2 aliphatic heterocycles. The van der Waals surface area contributed by atoms with Gasteiger partial charge in [-0.1, -0.05) is 0 Å². The largest absolute Gasteiger partial charge is 0.396 e. The predicted molar refractivity (Wildman–Crippen MR) is 70.4 cm³/mol. The number of aliphatic hydroxyl groups excluding tert-OH is 1. The van der Waals surface area contributed by atoms with Crippen molar-refractivity contribution in [1.29, 1.82) is 0 Å². The third kappa shape index (κ3) is 2.45. The molecule has 0 aromatic carbocycles. The van der Waals surface area contributed by atoms with Crippen LogP contribution < -0.4 is 5.32 Å². The van der Waals surface area contributed by atoms with E-state index in [1.165, 1.54) is 30.9 Å². The average Bonchev–Trinajstić information content (AvgIpc) is 2.82. The fraction of sp³-hybridized carbons (Fsp3) is 0.786. The van der Waals surface area contributed by atoms with Gasteiger partial charge in [-0.2, -0.15) is 0 Å². The molecule has 1 aromatic heterocycles. The fourth-order valence-corrected chi connectivity index (χ4v) is 3.27. The fourth-order valence-electron chi connectivity index (χ4n) is 3.27. The molecule has 0 bridgehead atoms. The standard InChI is InChI=1S/C14H23N3O/c18-10-12-3-5-17-13(6-12)9-16-14(17)7-11-2-1-4-15-8-11/h9,11-12,15,18H,1-8,10H2. The minimum Gasteiger partial charge on any atom is -0.396 e. The Morgan fingerprint density at radius 1 is 1.39 bits per heavy atom. The summed E-state index contributed by atoms with van der Waals surface area (Å²) in [4.78, 5) is 4.61. The highest BCUT2D eigenvalue weighted by Gasteiger charge is 2.23. The monoisotopic (exact) mass is 249 g/mol. The van der Waals surface area contributed by atoms with E-state index in [1.807, 2.05) is 6.20 Å². The lowest BCUT2D eigenvalue weighted by Crippen LogP contribution is -2.32. The molecule has 4 heteroatoms. The summed E-state index contributed by atoms with van der Waals surface area (Å²) in [6, 6.07) is 0. The van der Waals surface area contributed by atoms with Crippen molar-refractivity contribution in [1.82, 2.24) is 14.9 Å². The lowest BCUT2D eigenvalue weighted by atomic mass is 9.95. The lowest BCUT2D eigenvalue weighted by Gasteiger charge is -2.26. The molecule has 0 radical (unpaired) electrons. The van der Waals surface area contributed by atoms with Gasteiger partial charge in [0, 0.05) is 31.5 Å². The zero-order valence-corrected chi connectivity index (χ0v) is 10.9. The van der Waals surface area contributed by atoms with Gasteiger partial charge in [0.2, 0.25) is 0 Å². The van der Waals surface area contributed by atoms with Crippen LogP contribution in [0.15, 0.2) is 6.20 Å². The Morgan fingerprint density at radius 2 is 2.33 bits per heavy atom. The van der Waals surface area contributed by atoms with Gasteiger partial charge in [-0.15, -0.1) is 0 Å². The molecule has 2 N–H and O–H groups in total. The summed E-state index contributed by atoms with van der Waals surface area (Å²) >= 11 is 0. The zero-order chi connectivity index (χ0) is 12.4. The van der Waals surface area contributed by atoms with Crippen LogP contribution in [0.5, 0.6) is 0 Å². The molecule has 0 aliphatic carbocycles. The number of nitrogens with one attached hydrogen (secondary N) is 1. The molecular weight excluding hydrogens is 226 g/mol. The van der Waals surface area contributed by atoms with Crippen molar-refractivity contribution in [2.75, 3.05) is 19.7 Å². The molecule has 0 spiro atoms. The molecule has 2 atom stereocenters. The Balaban J connectivity index is 1.68. The van der Waals surface area contributed by atoms with Crippen LogP contribution in [0.4, 0.5) is 0 Å². The van der Waals surface area contributed by atoms with E-state index in [-0.39, 0.29) is 0 Å². The van der Waals surface area contributed by atoms with Gasteiger partial charge in [0.1, 0.15) is 5.82 Å². The first-order valence-corrected chi connectivity index (χ1v) is 7.21. The molecule has 3 rings (SSSR count). The Kier molecular flexibility index (Phi) is 3.66. The maximum atomic E-state index is 9.25. The molecule has 4 nitrogen and oxygen atoms in total. The maximum Gasteiger partial charge on any atom is 0.109 e. The van der Waals surface area contributed by atoms with Crippen LogP contribution in [0, 0.1) is 11.8 Å². The van der Waals surface area contributed by atoms with Gasteiger partial charge in [-0.3, -0.25) is 0 Å². The second kappa shape index (κ2) is 5.41. The quantitative estimate of drug-likeness (QED) is 0.839. The van der Waals surface area contributed by atoms with Crippen molar-refractivity contribution in [2.45, 2.75) is 38.6 Å². The summed E-state index contributed by atoms with van der Waals surface area (Å²) in [6.45, 7) is 3.67. The van der Waals surface area contributed by atoms with Gasteiger partial charge >= 0.3 is 0 Å². The summed E-state index contributed by atoms with van der Waals surface area (Å²) < 4.78 is 2.39. The van der Waals surface area contributed by atoms with Crippen molar-refractivity contribution in [2.24, 2.45) is 11.8 Å². The number of rotatable bonds is 3. The third-order valence-corrected chi connectivity index (χ3v) is 4.41. The first-order chi connectivity index (χ1) is 8.86. The molecule has 0 saturated carbocycles. The summed E-state index contributed by atoms with van der Waals surface area (Å²) in [5, 5.41) is 12.7. The van der Waals surface area contributed by atoms with E-state index in [1.54, 1.807) is 0 Å². The number of aliphatic hydroxyl groups is 1. The number of aromatic nitrogens is 2. The molecule has 1 fully saturated rings. The first-order valence-electron chi connectivity index (χ1n) is 7.21. The van der Waals surface area contributed by atoms with Gasteiger partial charge in [0.15, 0.2) is 0 Å². The van der Waals surface area contributed by atoms with Crippen molar-refractivity contribution < 1.29 is 5.11 Å². The minimum absolute atomic E-state index is 0.313. The number of piperidine rings is 1. The van der Waals surface area contributed by atoms with Crippen molar-refractivity contribution >= 4 is 0 Å². The smallest absolute Gasteiger partial charge is 0.109 e. The van der Waals surface area contributed by atoms with Gasteiger partial charge in [-0.25, -0.2) is 4.98 Å². The van der Waals surface area contributed by atoms with Crippen LogP contribution in [0.1, 0.15) is 30.8 Å². The van der Waals surface area contributed by atoms with Gasteiger partial charge in [-0.05, 0) is 50.6 Å². The highest BCUT2D eigenvalue weighted by Crippen LogP contribution is 2.24. The second-order valence-electron chi connectivity index (χ2n) is 5.78. The number of imidazole rings is 1. The molecule has 2 aliphatic rings. The summed E-state index contributed by atoms with van der Waals surface area (Å²) in [5.41, 5.74) is 1.32. The third-order valence-electron chi connectivity index (χ3n) is 4.41. The van der Waals surface area contributed by atoms with E-state index in [0.29, 0.717) is 12.5 Å². The maximum absolute atomic E-state index is 9.25. The molecule has 18 heavy (non-hydrogen) atoms. The topological polar surface area (TPSA) is 50.1 Å². The van der Waals surface area contributed by atoms with E-state index >= 15 is 0 Å². The van der Waals surface area contributed by atoms with Crippen LogP contribution in [0.2, 0.25) is 0 Å². The van der Waals surface area contributed by atoms with E-state index < -0.39 is 0 Å². The van der Waals surface area contributed by atoms with E-state index in [9.17, 15) is 5.11 Å². The summed E-state index contributed by atoms with van der Waals surface area (Å²) in [7, 11) is 0. The van der Waals surface area contributed by atoms with Crippen LogP contribution in [-0.2, 0) is 19.4 Å². The Bertz CT molecular complexity index is 396. The van der Waals surface area contributed by atoms with E-state index in [0.717, 1.165) is 38.3 Å². The normalized spacial score (nSPS) is 28.1. The summed E-state index contributed by atoms with van der Waals surface area (Å²) in [6.07, 6.45) is 7.84. The number of hydrogen-bond donors (Lipinski definition) is 2. The van der Waals surface area contributed by atoms with Crippen molar-refractivity contribution in [3.8, 4) is 0 Å². The molecule has 2 unspecified atom stereocenters. The Hall–Kier alpha value is -0.870. The molecule has 0 amide bonds. The first kappa shape index (κ1) is 12.2. The number of nitrogens with zero attached hydrogens (tertiary/aromatic N) is 2. The lowest BCUT2D eigenvalue weighted by molar-refractivity contribution is 0.199. The second-order valence-corrected chi connectivity index (χ2v) is 5.78. The zero-order valence-electron chi connectivity index (χ0n) is 10.9. The van der Waals surface area contributed by atoms with E-state index in [4.69, 9.17) is 0 Å². The number of fused-ring (bicyclic) bond motifs is 1. The predicted octanol–water partition coefficient (Wildman–Crippen LogP) is 0.980. The average molecular weight is 249 g/mol. The van der Waals surface area contributed by atoms with Crippen LogP contribution in [0.25, 0.3) is 0 Å². The minimum atomic E-state index is 0.313. The molecule has 1 aromatic rings. The molecule has 3 heterocycles. The Morgan fingerprint density at radius 3 is 3.11 bits per heavy atom. The summed E-state index contributed by atoms with van der Waals surface area (Å²) in [5.74, 6) is 2.45. The van der Waals surface area contributed by atoms with E-state index in [2.05, 4.69) is 14.9 Å². The van der Waals surface area contributed by atoms with Crippen LogP contribution >= 0.6 is 0 Å². The van der Waals surface area contributed by atoms with Gasteiger partial charge < -0.3 is 15.0 Å². The molecule has 1 saturated heterocycles. The van der Waals surface area contributed by atoms with Gasteiger partial charge in [0.25, 0.3) is 0 Å².